The Labute approximate surface area is 127 Å². The van der Waals surface area contributed by atoms with E-state index in [4.69, 9.17) is 11.6 Å². The van der Waals surface area contributed by atoms with E-state index in [0.717, 1.165) is 18.5 Å². The van der Waals surface area contributed by atoms with E-state index in [1.165, 1.54) is 0 Å². The maximum Gasteiger partial charge on any atom is 0.257 e. The van der Waals surface area contributed by atoms with Crippen molar-refractivity contribution in [1.82, 2.24) is 14.7 Å². The van der Waals surface area contributed by atoms with Crippen molar-refractivity contribution in [2.45, 2.75) is 18.9 Å². The molecule has 5 nitrogen and oxygen atoms in total. The number of halogens is 1. The number of amides is 1. The van der Waals surface area contributed by atoms with E-state index in [0.29, 0.717) is 17.1 Å². The molecule has 0 spiro atoms. The lowest BCUT2D eigenvalue weighted by atomic mass is 10.2. The minimum absolute atomic E-state index is 0.00436. The van der Waals surface area contributed by atoms with E-state index in [9.17, 15) is 9.90 Å². The number of likely N-dealkylation sites (tertiary alicyclic amines) is 1. The molecule has 0 unspecified atom stereocenters. The van der Waals surface area contributed by atoms with E-state index < -0.39 is 0 Å². The van der Waals surface area contributed by atoms with E-state index in [1.54, 1.807) is 28.0 Å². The molecule has 0 saturated carbocycles. The minimum atomic E-state index is -0.0927. The summed E-state index contributed by atoms with van der Waals surface area (Å²) in [6, 6.07) is 7.25. The van der Waals surface area contributed by atoms with E-state index in [2.05, 4.69) is 5.10 Å². The Bertz CT molecular complexity index is 656. The van der Waals surface area contributed by atoms with E-state index in [1.807, 2.05) is 18.2 Å². The molecule has 110 valence electrons. The van der Waals surface area contributed by atoms with Crippen LogP contribution in [0, 0.1) is 0 Å². The van der Waals surface area contributed by atoms with Crippen molar-refractivity contribution in [3.63, 3.8) is 0 Å². The van der Waals surface area contributed by atoms with Crippen LogP contribution < -0.4 is 0 Å². The second-order valence-corrected chi connectivity index (χ2v) is 5.51. The molecule has 0 bridgehead atoms. The summed E-state index contributed by atoms with van der Waals surface area (Å²) in [4.78, 5) is 14.2. The van der Waals surface area contributed by atoms with E-state index >= 15 is 0 Å². The Kier molecular flexibility index (Phi) is 3.94. The van der Waals surface area contributed by atoms with Gasteiger partial charge in [0, 0.05) is 12.7 Å². The summed E-state index contributed by atoms with van der Waals surface area (Å²) in [6.07, 6.45) is 4.99. The van der Waals surface area contributed by atoms with Crippen molar-refractivity contribution >= 4 is 17.5 Å². The van der Waals surface area contributed by atoms with Crippen LogP contribution in [-0.4, -0.2) is 44.9 Å². The first-order valence-electron chi connectivity index (χ1n) is 6.92. The molecule has 2 heterocycles. The number of para-hydroxylation sites is 1. The molecular weight excluding hydrogens is 290 g/mol. The van der Waals surface area contributed by atoms with Gasteiger partial charge >= 0.3 is 0 Å². The molecule has 0 aliphatic carbocycles. The fraction of sp³-hybridized carbons (Fsp3) is 0.333. The first kappa shape index (κ1) is 14.1. The molecule has 21 heavy (non-hydrogen) atoms. The first-order chi connectivity index (χ1) is 10.2. The fourth-order valence-corrected chi connectivity index (χ4v) is 2.88. The van der Waals surface area contributed by atoms with Crippen LogP contribution in [0.3, 0.4) is 0 Å². The zero-order valence-electron chi connectivity index (χ0n) is 11.4. The van der Waals surface area contributed by atoms with Crippen LogP contribution in [0.1, 0.15) is 23.2 Å². The molecule has 1 saturated heterocycles. The number of carbonyl (C=O) groups is 1. The summed E-state index contributed by atoms with van der Waals surface area (Å²) in [6.45, 7) is 0.686. The lowest BCUT2D eigenvalue weighted by molar-refractivity contribution is 0.0677. The number of rotatable bonds is 3. The van der Waals surface area contributed by atoms with Gasteiger partial charge in [0.1, 0.15) is 0 Å². The van der Waals surface area contributed by atoms with E-state index in [-0.39, 0.29) is 18.6 Å². The second-order valence-electron chi connectivity index (χ2n) is 5.10. The molecule has 1 fully saturated rings. The van der Waals surface area contributed by atoms with Gasteiger partial charge in [-0.2, -0.15) is 5.10 Å². The van der Waals surface area contributed by atoms with Gasteiger partial charge in [0.05, 0.1) is 35.1 Å². The van der Waals surface area contributed by atoms with Gasteiger partial charge in [-0.1, -0.05) is 23.7 Å². The van der Waals surface area contributed by atoms with Crippen LogP contribution in [0.2, 0.25) is 5.02 Å². The number of carbonyl (C=O) groups excluding carboxylic acids is 1. The van der Waals surface area contributed by atoms with Gasteiger partial charge in [0.25, 0.3) is 5.91 Å². The van der Waals surface area contributed by atoms with Gasteiger partial charge in [-0.3, -0.25) is 4.79 Å². The standard InChI is InChI=1S/C15H16ClN3O2/c16-13-5-1-2-6-14(13)19-9-11(8-17-19)15(21)18-7-3-4-12(18)10-20/h1-2,5-6,8-9,12,20H,3-4,7,10H2/t12-/m1/s1. The third-order valence-corrected chi connectivity index (χ3v) is 4.10. The average Bonchev–Trinajstić information content (AvgIpc) is 3.16. The molecule has 1 aromatic heterocycles. The van der Waals surface area contributed by atoms with Crippen LogP contribution in [0.25, 0.3) is 5.69 Å². The Balaban J connectivity index is 1.85. The van der Waals surface area contributed by atoms with Crippen molar-refractivity contribution in [2.24, 2.45) is 0 Å². The predicted molar refractivity (Wildman–Crippen MR) is 79.7 cm³/mol. The quantitative estimate of drug-likeness (QED) is 0.945. The highest BCUT2D eigenvalue weighted by atomic mass is 35.5. The van der Waals surface area contributed by atoms with Gasteiger partial charge in [-0.05, 0) is 25.0 Å². The van der Waals surface area contributed by atoms with Crippen LogP contribution in [-0.2, 0) is 0 Å². The van der Waals surface area contributed by atoms with Crippen LogP contribution in [0.5, 0.6) is 0 Å². The smallest absolute Gasteiger partial charge is 0.257 e. The van der Waals surface area contributed by atoms with Gasteiger partial charge in [0.15, 0.2) is 0 Å². The third kappa shape index (κ3) is 2.66. The average molecular weight is 306 g/mol. The number of hydrogen-bond donors (Lipinski definition) is 1. The van der Waals surface area contributed by atoms with Crippen molar-refractivity contribution in [2.75, 3.05) is 13.2 Å². The lowest BCUT2D eigenvalue weighted by Gasteiger charge is -2.22. The molecule has 1 aliphatic heterocycles. The number of aliphatic hydroxyl groups is 1. The molecule has 6 heteroatoms. The first-order valence-corrected chi connectivity index (χ1v) is 7.30. The molecule has 1 N–H and O–H groups in total. The highest BCUT2D eigenvalue weighted by molar-refractivity contribution is 6.32. The highest BCUT2D eigenvalue weighted by Gasteiger charge is 2.29. The lowest BCUT2D eigenvalue weighted by Crippen LogP contribution is -2.37. The van der Waals surface area contributed by atoms with Gasteiger partial charge in [0.2, 0.25) is 0 Å². The molecule has 1 atom stereocenters. The van der Waals surface area contributed by atoms with Gasteiger partial charge in [-0.25, -0.2) is 4.68 Å². The Morgan fingerprint density at radius 3 is 3.00 bits per heavy atom. The number of nitrogens with zero attached hydrogens (tertiary/aromatic N) is 3. The zero-order chi connectivity index (χ0) is 14.8. The molecule has 1 aliphatic rings. The summed E-state index contributed by atoms with van der Waals surface area (Å²) < 4.78 is 1.60. The topological polar surface area (TPSA) is 58.4 Å². The number of hydrogen-bond acceptors (Lipinski definition) is 3. The number of aliphatic hydroxyl groups excluding tert-OH is 1. The Morgan fingerprint density at radius 2 is 2.24 bits per heavy atom. The van der Waals surface area contributed by atoms with Crippen molar-refractivity contribution in [3.05, 3.63) is 47.2 Å². The summed E-state index contributed by atoms with van der Waals surface area (Å²) >= 11 is 6.13. The molecular formula is C15H16ClN3O2. The largest absolute Gasteiger partial charge is 0.394 e. The Morgan fingerprint density at radius 1 is 1.43 bits per heavy atom. The summed E-state index contributed by atoms with van der Waals surface area (Å²) in [7, 11) is 0. The predicted octanol–water partition coefficient (Wildman–Crippen LogP) is 2.12. The maximum absolute atomic E-state index is 12.5. The van der Waals surface area contributed by atoms with Crippen molar-refractivity contribution in [1.29, 1.82) is 0 Å². The fourth-order valence-electron chi connectivity index (χ4n) is 2.66. The second kappa shape index (κ2) is 5.87. The maximum atomic E-state index is 12.5. The molecule has 2 aromatic rings. The van der Waals surface area contributed by atoms with Crippen LogP contribution in [0.4, 0.5) is 0 Å². The zero-order valence-corrected chi connectivity index (χ0v) is 12.2. The summed E-state index contributed by atoms with van der Waals surface area (Å²) in [5.74, 6) is -0.0927. The van der Waals surface area contributed by atoms with Gasteiger partial charge < -0.3 is 10.0 Å². The normalized spacial score (nSPS) is 18.2. The summed E-state index contributed by atoms with van der Waals surface area (Å²) in [5, 5.41) is 14.1. The SMILES string of the molecule is O=C(c1cnn(-c2ccccc2Cl)c1)N1CCC[C@@H]1CO. The molecule has 1 aromatic carbocycles. The minimum Gasteiger partial charge on any atom is -0.394 e. The summed E-state index contributed by atoms with van der Waals surface area (Å²) in [5.41, 5.74) is 1.24. The van der Waals surface area contributed by atoms with Crippen LogP contribution >= 0.6 is 11.6 Å². The third-order valence-electron chi connectivity index (χ3n) is 3.78. The molecule has 0 radical (unpaired) electrons. The van der Waals surface area contributed by atoms with Crippen LogP contribution in [0.15, 0.2) is 36.7 Å². The molecule has 3 rings (SSSR count). The van der Waals surface area contributed by atoms with Crippen molar-refractivity contribution < 1.29 is 9.90 Å². The monoisotopic (exact) mass is 305 g/mol. The molecule has 1 amide bonds. The van der Waals surface area contributed by atoms with Gasteiger partial charge in [-0.15, -0.1) is 0 Å². The number of aromatic nitrogens is 2. The van der Waals surface area contributed by atoms with Crippen molar-refractivity contribution in [3.8, 4) is 5.69 Å². The Hall–Kier alpha value is -1.85. The number of benzene rings is 1. The highest BCUT2D eigenvalue weighted by Crippen LogP contribution is 2.22.